The van der Waals surface area contributed by atoms with Gasteiger partial charge in [-0.05, 0) is 61.1 Å². The Labute approximate surface area is 309 Å². The van der Waals surface area contributed by atoms with E-state index in [2.05, 4.69) is 10.6 Å². The van der Waals surface area contributed by atoms with Crippen LogP contribution in [-0.4, -0.2) is 90.4 Å². The van der Waals surface area contributed by atoms with Crippen molar-refractivity contribution < 1.29 is 53.3 Å². The zero-order chi connectivity index (χ0) is 37.1. The van der Waals surface area contributed by atoms with Crippen LogP contribution in [0, 0.1) is 13.8 Å². The predicted molar refractivity (Wildman–Crippen MR) is 190 cm³/mol. The number of methoxy groups -OCH3 is 2. The molecule has 0 amide bonds. The van der Waals surface area contributed by atoms with Crippen molar-refractivity contribution in [3.63, 3.8) is 0 Å². The first-order valence-electron chi connectivity index (χ1n) is 17.7. The van der Waals surface area contributed by atoms with Crippen molar-refractivity contribution in [2.24, 2.45) is 0 Å². The number of carbonyl (C=O) groups excluding carboxylic acids is 2. The Balaban J connectivity index is 1.31. The first-order chi connectivity index (χ1) is 25.5. The molecule has 5 N–H and O–H groups in total. The van der Waals surface area contributed by atoms with Crippen molar-refractivity contribution >= 4 is 23.7 Å². The standard InChI is InChI=1S/C38H41N3O11S/c1-15-8-19-9-21-36(45)41-22-12-49-37(46)38(20-11-24(47-4)23(43)10-18(20)6-7-39-38)13-53-35(29(41)28(40-21)25(19)30(44)31(15)48-5)27-26(22)34-33(50-14-51-34)16(2)32(27)52-17(3)42/h8,10-11,21-22,28-29,35-36,39-40,43-45H,6-7,9,12-14H2,1-5H3/t21?,22-,28?,29?,35+,36-,38+/m0/s1. The highest BCUT2D eigenvalue weighted by atomic mass is 32.2. The quantitative estimate of drug-likeness (QED) is 0.195. The van der Waals surface area contributed by atoms with Gasteiger partial charge >= 0.3 is 11.9 Å². The summed E-state index contributed by atoms with van der Waals surface area (Å²) in [6.45, 7) is 5.23. The Morgan fingerprint density at radius 1 is 1.02 bits per heavy atom. The fourth-order valence-electron chi connectivity index (χ4n) is 9.60. The van der Waals surface area contributed by atoms with Crippen molar-refractivity contribution in [2.75, 3.05) is 39.9 Å². The van der Waals surface area contributed by atoms with E-state index in [9.17, 15) is 24.9 Å². The number of rotatable bonds is 3. The lowest BCUT2D eigenvalue weighted by atomic mass is 9.74. The Morgan fingerprint density at radius 2 is 1.81 bits per heavy atom. The number of nitrogens with one attached hydrogen (secondary N) is 2. The van der Waals surface area contributed by atoms with Crippen LogP contribution in [0.5, 0.6) is 40.2 Å². The molecule has 10 rings (SSSR count). The smallest absolute Gasteiger partial charge is 0.331 e. The van der Waals surface area contributed by atoms with Crippen LogP contribution < -0.4 is 34.3 Å². The van der Waals surface area contributed by atoms with Gasteiger partial charge in [0.2, 0.25) is 6.79 Å². The molecule has 0 radical (unpaired) electrons. The Morgan fingerprint density at radius 3 is 2.57 bits per heavy atom. The van der Waals surface area contributed by atoms with E-state index in [1.807, 2.05) is 24.8 Å². The maximum atomic E-state index is 14.6. The summed E-state index contributed by atoms with van der Waals surface area (Å²) >= 11 is 1.45. The summed E-state index contributed by atoms with van der Waals surface area (Å²) in [7, 11) is 2.98. The fourth-order valence-corrected chi connectivity index (χ4v) is 11.3. The fraction of sp³-hybridized carbons (Fsp3) is 0.474. The minimum atomic E-state index is -1.36. The van der Waals surface area contributed by atoms with Gasteiger partial charge in [0.15, 0.2) is 40.0 Å². The maximum Gasteiger partial charge on any atom is 0.331 e. The second kappa shape index (κ2) is 12.3. The van der Waals surface area contributed by atoms with Crippen LogP contribution in [0.25, 0.3) is 0 Å². The number of ether oxygens (including phenoxy) is 6. The van der Waals surface area contributed by atoms with E-state index in [-0.39, 0.29) is 36.4 Å². The molecule has 3 aromatic rings. The number of phenols is 2. The number of aryl methyl sites for hydroxylation is 1. The third kappa shape index (κ3) is 4.80. The average Bonchev–Trinajstić information content (AvgIpc) is 3.63. The van der Waals surface area contributed by atoms with E-state index in [0.29, 0.717) is 70.2 Å². The molecule has 0 aromatic heterocycles. The molecule has 0 saturated carbocycles. The molecule has 1 spiro atoms. The van der Waals surface area contributed by atoms with E-state index in [4.69, 9.17) is 28.4 Å². The number of nitrogens with zero attached hydrogens (tertiary/aromatic N) is 1. The number of aromatic hydroxyl groups is 2. The van der Waals surface area contributed by atoms with E-state index in [0.717, 1.165) is 16.7 Å². The highest BCUT2D eigenvalue weighted by molar-refractivity contribution is 7.99. The third-order valence-corrected chi connectivity index (χ3v) is 13.2. The summed E-state index contributed by atoms with van der Waals surface area (Å²) in [6, 6.07) is 2.99. The first-order valence-corrected chi connectivity index (χ1v) is 18.7. The molecular weight excluding hydrogens is 706 g/mol. The van der Waals surface area contributed by atoms with Crippen molar-refractivity contribution in [2.45, 2.75) is 74.8 Å². The summed E-state index contributed by atoms with van der Waals surface area (Å²) in [6.07, 6.45) is -0.0673. The average molecular weight is 748 g/mol. The first kappa shape index (κ1) is 34.4. The highest BCUT2D eigenvalue weighted by Gasteiger charge is 2.60. The molecule has 7 aliphatic heterocycles. The number of aliphatic hydroxyl groups is 1. The molecule has 7 atom stereocenters. The van der Waals surface area contributed by atoms with Crippen LogP contribution in [0.1, 0.15) is 68.8 Å². The van der Waals surface area contributed by atoms with Gasteiger partial charge in [0.25, 0.3) is 0 Å². The molecule has 14 nitrogen and oxygen atoms in total. The number of hydrogen-bond donors (Lipinski definition) is 5. The van der Waals surface area contributed by atoms with Gasteiger partial charge in [0.1, 0.15) is 18.6 Å². The van der Waals surface area contributed by atoms with Gasteiger partial charge in [-0.1, -0.05) is 6.07 Å². The van der Waals surface area contributed by atoms with Gasteiger partial charge < -0.3 is 49.1 Å². The van der Waals surface area contributed by atoms with Crippen LogP contribution >= 0.6 is 11.8 Å². The molecular formula is C38H41N3O11S. The topological polar surface area (TPSA) is 178 Å². The lowest BCUT2D eigenvalue weighted by Gasteiger charge is -2.59. The number of aliphatic hydroxyl groups excluding tert-OH is 1. The SMILES string of the molecule is COc1cc2c(cc1O)CCN[C@]21CS[C@@H]2c3c(OC(C)=O)c(C)c4c(c3[C@H](COC1=O)N1C2C2NC(Cc3cc(C)c(OC)c(O)c32)[C@@H]1O)OCO4. The van der Waals surface area contributed by atoms with E-state index < -0.39 is 53.1 Å². The number of carbonyl (C=O) groups is 2. The number of fused-ring (bicyclic) bond motifs is 9. The summed E-state index contributed by atoms with van der Waals surface area (Å²) < 4.78 is 35.8. The van der Waals surface area contributed by atoms with Crippen LogP contribution in [0.3, 0.4) is 0 Å². The second-order valence-electron chi connectivity index (χ2n) is 14.5. The molecule has 0 aliphatic carbocycles. The molecule has 2 fully saturated rings. The van der Waals surface area contributed by atoms with Crippen molar-refractivity contribution in [1.29, 1.82) is 0 Å². The second-order valence-corrected chi connectivity index (χ2v) is 15.6. The van der Waals surface area contributed by atoms with Gasteiger partial charge in [-0.15, -0.1) is 11.8 Å². The van der Waals surface area contributed by atoms with Gasteiger partial charge in [-0.3, -0.25) is 15.0 Å². The minimum absolute atomic E-state index is 0.0210. The van der Waals surface area contributed by atoms with Gasteiger partial charge in [-0.25, -0.2) is 4.79 Å². The van der Waals surface area contributed by atoms with E-state index in [1.165, 1.54) is 32.9 Å². The van der Waals surface area contributed by atoms with Crippen LogP contribution in [-0.2, 0) is 32.7 Å². The summed E-state index contributed by atoms with van der Waals surface area (Å²) in [5, 5.41) is 41.5. The maximum absolute atomic E-state index is 14.6. The van der Waals surface area contributed by atoms with Crippen LogP contribution in [0.4, 0.5) is 0 Å². The molecule has 2 saturated heterocycles. The van der Waals surface area contributed by atoms with E-state index in [1.54, 1.807) is 12.1 Å². The van der Waals surface area contributed by atoms with Crippen molar-refractivity contribution in [3.05, 3.63) is 62.7 Å². The number of benzene rings is 3. The zero-order valence-corrected chi connectivity index (χ0v) is 30.7. The Kier molecular flexibility index (Phi) is 7.98. The van der Waals surface area contributed by atoms with Crippen molar-refractivity contribution in [3.8, 4) is 40.2 Å². The van der Waals surface area contributed by atoms with E-state index >= 15 is 0 Å². The number of hydrogen-bond acceptors (Lipinski definition) is 15. The Bertz CT molecular complexity index is 2090. The molecule has 53 heavy (non-hydrogen) atoms. The predicted octanol–water partition coefficient (Wildman–Crippen LogP) is 3.07. The molecule has 3 aromatic carbocycles. The van der Waals surface area contributed by atoms with Crippen molar-refractivity contribution in [1.82, 2.24) is 15.5 Å². The van der Waals surface area contributed by atoms with Gasteiger partial charge in [0.05, 0.1) is 37.6 Å². The number of phenolic OH excluding ortho intramolecular Hbond substituents is 2. The van der Waals surface area contributed by atoms with Crippen LogP contribution in [0.15, 0.2) is 18.2 Å². The Hall–Kier alpha value is -4.41. The number of piperazine rings is 1. The molecule has 7 aliphatic rings. The van der Waals surface area contributed by atoms with Gasteiger partial charge in [-0.2, -0.15) is 0 Å². The highest BCUT2D eigenvalue weighted by Crippen LogP contribution is 2.63. The number of thioether (sulfide) groups is 1. The molecule has 15 heteroatoms. The molecule has 7 heterocycles. The summed E-state index contributed by atoms with van der Waals surface area (Å²) in [5.74, 6) is 0.890. The summed E-state index contributed by atoms with van der Waals surface area (Å²) in [4.78, 5) is 29.4. The molecule has 280 valence electrons. The largest absolute Gasteiger partial charge is 0.504 e. The monoisotopic (exact) mass is 747 g/mol. The third-order valence-electron chi connectivity index (χ3n) is 11.8. The molecule has 4 bridgehead atoms. The minimum Gasteiger partial charge on any atom is -0.504 e. The lowest BCUT2D eigenvalue weighted by molar-refractivity contribution is -0.164. The summed E-state index contributed by atoms with van der Waals surface area (Å²) in [5.41, 5.74) is 4.27. The van der Waals surface area contributed by atoms with Gasteiger partial charge in [0, 0.05) is 47.5 Å². The van der Waals surface area contributed by atoms with Crippen LogP contribution in [0.2, 0.25) is 0 Å². The number of esters is 2. The normalized spacial score (nSPS) is 29.4. The zero-order valence-electron chi connectivity index (χ0n) is 29.9. The lowest BCUT2D eigenvalue weighted by Crippen LogP contribution is -2.69. The molecule has 3 unspecified atom stereocenters.